The highest BCUT2D eigenvalue weighted by Crippen LogP contribution is 2.23. The van der Waals surface area contributed by atoms with Crippen LogP contribution in [0.5, 0.6) is 0 Å². The summed E-state index contributed by atoms with van der Waals surface area (Å²) < 4.78 is 55.8. The van der Waals surface area contributed by atoms with Crippen LogP contribution in [0.4, 0.5) is 0 Å². The number of carbonyl (C=O) groups excluding carboxylic acids is 1. The van der Waals surface area contributed by atoms with Gasteiger partial charge in [0.2, 0.25) is 20.0 Å². The molecule has 2 N–H and O–H groups in total. The quantitative estimate of drug-likeness (QED) is 0.627. The Hall–Kier alpha value is -1.64. The maximum Gasteiger partial charge on any atom is 0.252 e. The maximum atomic E-state index is 12.8. The molecular formula is C17H24N4O6S3. The van der Waals surface area contributed by atoms with E-state index in [2.05, 4.69) is 4.99 Å². The lowest BCUT2D eigenvalue weighted by molar-refractivity contribution is -0.122. The molecule has 2 heterocycles. The number of sulfonamides is 2. The van der Waals surface area contributed by atoms with E-state index in [0.717, 1.165) is 6.26 Å². The molecule has 2 aromatic rings. The molecule has 0 aliphatic carbocycles. The molecular weight excluding hydrogens is 452 g/mol. The number of hydrogen-bond acceptors (Lipinski definition) is 7. The Morgan fingerprint density at radius 3 is 2.70 bits per heavy atom. The van der Waals surface area contributed by atoms with Crippen LogP contribution in [0.15, 0.2) is 28.1 Å². The van der Waals surface area contributed by atoms with Crippen LogP contribution in [0, 0.1) is 5.92 Å². The maximum absolute atomic E-state index is 12.8. The van der Waals surface area contributed by atoms with E-state index >= 15 is 0 Å². The fourth-order valence-corrected chi connectivity index (χ4v) is 5.97. The average molecular weight is 477 g/mol. The van der Waals surface area contributed by atoms with Gasteiger partial charge >= 0.3 is 0 Å². The number of rotatable bonds is 6. The van der Waals surface area contributed by atoms with Crippen molar-refractivity contribution >= 4 is 47.5 Å². The standard InChI is InChI=1S/C17H24N4O6S3/c1-27-9-8-21-14-6-5-13(30(18,25)26)10-15(14)28-17(21)19-16(22)12-4-3-7-20(11-12)29(2,23)24/h5-6,10,12H,3-4,7-9,11H2,1-2H3,(H2,18,25,26). The third kappa shape index (κ3) is 5.15. The van der Waals surface area contributed by atoms with Gasteiger partial charge in [0, 0.05) is 26.7 Å². The zero-order valence-corrected chi connectivity index (χ0v) is 19.1. The summed E-state index contributed by atoms with van der Waals surface area (Å²) in [7, 11) is -5.68. The summed E-state index contributed by atoms with van der Waals surface area (Å²) in [6, 6.07) is 4.48. The number of thiazole rings is 1. The lowest BCUT2D eigenvalue weighted by Gasteiger charge is -2.28. The van der Waals surface area contributed by atoms with Gasteiger partial charge < -0.3 is 9.30 Å². The van der Waals surface area contributed by atoms with Gasteiger partial charge in [-0.25, -0.2) is 26.3 Å². The van der Waals surface area contributed by atoms with Gasteiger partial charge in [-0.3, -0.25) is 4.79 Å². The van der Waals surface area contributed by atoms with Crippen molar-refractivity contribution < 1.29 is 26.4 Å². The van der Waals surface area contributed by atoms with Crippen LogP contribution >= 0.6 is 11.3 Å². The van der Waals surface area contributed by atoms with Gasteiger partial charge in [-0.1, -0.05) is 11.3 Å². The van der Waals surface area contributed by atoms with Crippen LogP contribution in [-0.2, 0) is 36.1 Å². The zero-order chi connectivity index (χ0) is 22.1. The van der Waals surface area contributed by atoms with E-state index in [-0.39, 0.29) is 11.4 Å². The summed E-state index contributed by atoms with van der Waals surface area (Å²) in [6.07, 6.45) is 2.28. The Kier molecular flexibility index (Phi) is 6.79. The van der Waals surface area contributed by atoms with Gasteiger partial charge in [0.1, 0.15) is 0 Å². The molecule has 1 aliphatic heterocycles. The highest BCUT2D eigenvalue weighted by atomic mass is 32.2. The predicted molar refractivity (Wildman–Crippen MR) is 113 cm³/mol. The number of nitrogens with two attached hydrogens (primary N) is 1. The lowest BCUT2D eigenvalue weighted by Crippen LogP contribution is -2.41. The predicted octanol–water partition coefficient (Wildman–Crippen LogP) is 0.0955. The third-order valence-electron chi connectivity index (χ3n) is 4.91. The third-order valence-corrected chi connectivity index (χ3v) is 8.13. The second-order valence-corrected chi connectivity index (χ2v) is 11.7. The fraction of sp³-hybridized carbons (Fsp3) is 0.529. The van der Waals surface area contributed by atoms with E-state index < -0.39 is 31.9 Å². The molecule has 0 spiro atoms. The molecule has 1 amide bonds. The lowest BCUT2D eigenvalue weighted by atomic mass is 9.99. The first kappa shape index (κ1) is 23.0. The summed E-state index contributed by atoms with van der Waals surface area (Å²) in [6.45, 7) is 1.29. The first-order chi connectivity index (χ1) is 14.0. The van der Waals surface area contributed by atoms with E-state index in [1.54, 1.807) is 17.7 Å². The molecule has 13 heteroatoms. The van der Waals surface area contributed by atoms with Crippen LogP contribution in [-0.4, -0.2) is 64.7 Å². The Labute approximate surface area is 179 Å². The Bertz CT molecular complexity index is 1230. The largest absolute Gasteiger partial charge is 0.383 e. The molecule has 166 valence electrons. The highest BCUT2D eigenvalue weighted by molar-refractivity contribution is 7.89. The number of benzene rings is 1. The van der Waals surface area contributed by atoms with Crippen molar-refractivity contribution in [2.45, 2.75) is 24.3 Å². The summed E-state index contributed by atoms with van der Waals surface area (Å²) in [5.41, 5.74) is 0.706. The molecule has 1 aromatic carbocycles. The number of ether oxygens (including phenoxy) is 1. The molecule has 3 rings (SSSR count). The van der Waals surface area contributed by atoms with Gasteiger partial charge in [0.25, 0.3) is 5.91 Å². The molecule has 30 heavy (non-hydrogen) atoms. The molecule has 0 radical (unpaired) electrons. The van der Waals surface area contributed by atoms with Crippen molar-refractivity contribution in [1.29, 1.82) is 0 Å². The minimum absolute atomic E-state index is 0.0240. The monoisotopic (exact) mass is 476 g/mol. The molecule has 1 aromatic heterocycles. The van der Waals surface area contributed by atoms with Gasteiger partial charge in [-0.2, -0.15) is 4.99 Å². The van der Waals surface area contributed by atoms with Gasteiger partial charge in [0.05, 0.1) is 33.9 Å². The number of nitrogens with zero attached hydrogens (tertiary/aromatic N) is 3. The first-order valence-electron chi connectivity index (χ1n) is 9.19. The van der Waals surface area contributed by atoms with Crippen LogP contribution in [0.2, 0.25) is 0 Å². The summed E-state index contributed by atoms with van der Waals surface area (Å²) >= 11 is 1.17. The van der Waals surface area contributed by atoms with Gasteiger partial charge in [-0.05, 0) is 31.0 Å². The Morgan fingerprint density at radius 1 is 1.33 bits per heavy atom. The number of amides is 1. The van der Waals surface area contributed by atoms with Crippen LogP contribution in [0.3, 0.4) is 0 Å². The number of primary sulfonamides is 1. The van der Waals surface area contributed by atoms with Crippen molar-refractivity contribution in [3.8, 4) is 0 Å². The van der Waals surface area contributed by atoms with Crippen molar-refractivity contribution in [3.63, 3.8) is 0 Å². The topological polar surface area (TPSA) is 141 Å². The van der Waals surface area contributed by atoms with Crippen molar-refractivity contribution in [1.82, 2.24) is 8.87 Å². The van der Waals surface area contributed by atoms with E-state index in [1.807, 2.05) is 0 Å². The Balaban J connectivity index is 2.02. The van der Waals surface area contributed by atoms with Crippen LogP contribution in [0.1, 0.15) is 12.8 Å². The molecule has 0 saturated carbocycles. The van der Waals surface area contributed by atoms with Gasteiger partial charge in [0.15, 0.2) is 4.80 Å². The average Bonchev–Trinajstić information content (AvgIpc) is 3.01. The molecule has 1 unspecified atom stereocenters. The molecule has 1 fully saturated rings. The number of fused-ring (bicyclic) bond motifs is 1. The second-order valence-electron chi connectivity index (χ2n) is 7.11. The number of piperidine rings is 1. The van der Waals surface area contributed by atoms with Crippen molar-refractivity contribution in [2.24, 2.45) is 16.0 Å². The van der Waals surface area contributed by atoms with Crippen molar-refractivity contribution in [3.05, 3.63) is 23.0 Å². The Morgan fingerprint density at radius 2 is 2.07 bits per heavy atom. The summed E-state index contributed by atoms with van der Waals surface area (Å²) in [4.78, 5) is 17.5. The molecule has 10 nitrogen and oxygen atoms in total. The second kappa shape index (κ2) is 8.85. The summed E-state index contributed by atoms with van der Waals surface area (Å²) in [5, 5.41) is 5.22. The van der Waals surface area contributed by atoms with E-state index in [4.69, 9.17) is 9.88 Å². The minimum Gasteiger partial charge on any atom is -0.383 e. The van der Waals surface area contributed by atoms with Gasteiger partial charge in [-0.15, -0.1) is 0 Å². The smallest absolute Gasteiger partial charge is 0.252 e. The highest BCUT2D eigenvalue weighted by Gasteiger charge is 2.30. The molecule has 1 atom stereocenters. The first-order valence-corrected chi connectivity index (χ1v) is 13.4. The zero-order valence-electron chi connectivity index (χ0n) is 16.6. The van der Waals surface area contributed by atoms with E-state index in [9.17, 15) is 21.6 Å². The SMILES string of the molecule is COCCn1c(=NC(=O)C2CCCN(S(C)(=O)=O)C2)sc2cc(S(N)(=O)=O)ccc21. The minimum atomic E-state index is -3.86. The van der Waals surface area contributed by atoms with E-state index in [0.29, 0.717) is 47.6 Å². The van der Waals surface area contributed by atoms with E-state index in [1.165, 1.54) is 27.8 Å². The number of methoxy groups -OCH3 is 1. The normalized spacial score (nSPS) is 19.4. The van der Waals surface area contributed by atoms with Crippen LogP contribution < -0.4 is 9.94 Å². The number of carbonyl (C=O) groups is 1. The number of aromatic nitrogens is 1. The molecule has 0 bridgehead atoms. The number of hydrogen-bond donors (Lipinski definition) is 1. The fourth-order valence-electron chi connectivity index (χ4n) is 3.35. The molecule has 1 aliphatic rings. The van der Waals surface area contributed by atoms with Crippen molar-refractivity contribution in [2.75, 3.05) is 33.1 Å². The summed E-state index contributed by atoms with van der Waals surface area (Å²) in [5.74, 6) is -0.915. The van der Waals surface area contributed by atoms with Crippen LogP contribution in [0.25, 0.3) is 10.2 Å². The molecule has 1 saturated heterocycles.